The van der Waals surface area contributed by atoms with Crippen molar-refractivity contribution < 1.29 is 23.8 Å². The fourth-order valence-electron chi connectivity index (χ4n) is 2.23. The molecule has 7 nitrogen and oxygen atoms in total. The van der Waals surface area contributed by atoms with Gasteiger partial charge in [-0.2, -0.15) is 5.10 Å². The number of halogens is 2. The number of aryl methyl sites for hydroxylation is 1. The Kier molecular flexibility index (Phi) is 9.14. The van der Waals surface area contributed by atoms with Gasteiger partial charge >= 0.3 is 5.97 Å². The summed E-state index contributed by atoms with van der Waals surface area (Å²) in [5.41, 5.74) is 4.04. The quantitative estimate of drug-likeness (QED) is 0.303. The number of hydrazone groups is 1. The number of esters is 1. The summed E-state index contributed by atoms with van der Waals surface area (Å²) >= 11 is 6.82. The zero-order chi connectivity index (χ0) is 21.2. The Balaban J connectivity index is 1.90. The first kappa shape index (κ1) is 22.9. The maximum absolute atomic E-state index is 12.0. The Hall–Kier alpha value is -2.39. The van der Waals surface area contributed by atoms with E-state index in [0.29, 0.717) is 17.1 Å². The van der Waals surface area contributed by atoms with E-state index in [1.165, 1.54) is 6.21 Å². The van der Waals surface area contributed by atoms with Gasteiger partial charge < -0.3 is 14.2 Å². The van der Waals surface area contributed by atoms with E-state index >= 15 is 0 Å². The van der Waals surface area contributed by atoms with Crippen LogP contribution in [0.25, 0.3) is 0 Å². The van der Waals surface area contributed by atoms with Gasteiger partial charge in [-0.15, -0.1) is 0 Å². The summed E-state index contributed by atoms with van der Waals surface area (Å²) in [7, 11) is 0. The Morgan fingerprint density at radius 1 is 1.10 bits per heavy atom. The summed E-state index contributed by atoms with van der Waals surface area (Å²) in [5.74, 6) is 0.0958. The van der Waals surface area contributed by atoms with Crippen LogP contribution in [0, 0.1) is 6.92 Å². The molecule has 1 N–H and O–H groups in total. The second-order valence-electron chi connectivity index (χ2n) is 5.77. The molecule has 0 heterocycles. The average molecular weight is 528 g/mol. The maximum atomic E-state index is 12.0. The molecule has 1 amide bonds. The maximum Gasteiger partial charge on any atom is 0.344 e. The number of carbonyl (C=O) groups excluding carboxylic acids is 2. The first-order valence-electron chi connectivity index (χ1n) is 8.68. The fourth-order valence-corrected chi connectivity index (χ4v) is 3.87. The third kappa shape index (κ3) is 7.51. The van der Waals surface area contributed by atoms with E-state index in [4.69, 9.17) is 14.2 Å². The Labute approximate surface area is 185 Å². The predicted molar refractivity (Wildman–Crippen MR) is 116 cm³/mol. The molecule has 0 aliphatic heterocycles. The third-order valence-electron chi connectivity index (χ3n) is 3.45. The number of nitrogens with one attached hydrogen (secondary N) is 1. The minimum Gasteiger partial charge on any atom is -0.481 e. The molecule has 0 aliphatic rings. The van der Waals surface area contributed by atoms with E-state index in [2.05, 4.69) is 42.4 Å². The van der Waals surface area contributed by atoms with Crippen molar-refractivity contribution in [2.24, 2.45) is 5.10 Å². The number of amides is 1. The number of hydrogen-bond acceptors (Lipinski definition) is 6. The summed E-state index contributed by atoms with van der Waals surface area (Å²) in [6, 6.07) is 10.8. The van der Waals surface area contributed by atoms with Crippen molar-refractivity contribution in [2.75, 3.05) is 19.8 Å². The van der Waals surface area contributed by atoms with E-state index in [-0.39, 0.29) is 19.8 Å². The first-order valence-corrected chi connectivity index (χ1v) is 10.3. The second-order valence-corrected chi connectivity index (χ2v) is 7.48. The molecule has 0 radical (unpaired) electrons. The lowest BCUT2D eigenvalue weighted by molar-refractivity contribution is -0.145. The Morgan fingerprint density at radius 3 is 2.48 bits per heavy atom. The van der Waals surface area contributed by atoms with Gasteiger partial charge in [0.2, 0.25) is 0 Å². The van der Waals surface area contributed by atoms with Crippen LogP contribution in [0.2, 0.25) is 0 Å². The van der Waals surface area contributed by atoms with Gasteiger partial charge in [-0.1, -0.05) is 12.1 Å². The molecule has 0 unspecified atom stereocenters. The van der Waals surface area contributed by atoms with Crippen molar-refractivity contribution in [2.45, 2.75) is 13.8 Å². The number of carbonyl (C=O) groups is 2. The number of hydrogen-bond donors (Lipinski definition) is 1. The zero-order valence-electron chi connectivity index (χ0n) is 15.9. The van der Waals surface area contributed by atoms with E-state index in [9.17, 15) is 9.59 Å². The van der Waals surface area contributed by atoms with Gasteiger partial charge in [0.25, 0.3) is 5.91 Å². The topological polar surface area (TPSA) is 86.2 Å². The van der Waals surface area contributed by atoms with Crippen LogP contribution in [0.3, 0.4) is 0 Å². The number of benzene rings is 2. The molecule has 0 atom stereocenters. The zero-order valence-corrected chi connectivity index (χ0v) is 19.1. The highest BCUT2D eigenvalue weighted by Gasteiger charge is 2.10. The van der Waals surface area contributed by atoms with E-state index in [1.54, 1.807) is 31.2 Å². The van der Waals surface area contributed by atoms with Crippen molar-refractivity contribution in [3.63, 3.8) is 0 Å². The van der Waals surface area contributed by atoms with E-state index in [0.717, 1.165) is 14.5 Å². The monoisotopic (exact) mass is 526 g/mol. The van der Waals surface area contributed by atoms with Crippen LogP contribution in [-0.4, -0.2) is 37.9 Å². The van der Waals surface area contributed by atoms with Crippen LogP contribution >= 0.6 is 31.9 Å². The lowest BCUT2D eigenvalue weighted by Gasteiger charge is -2.10. The van der Waals surface area contributed by atoms with Crippen LogP contribution in [0.1, 0.15) is 18.1 Å². The second kappa shape index (κ2) is 11.6. The minimum absolute atomic E-state index is 0.209. The lowest BCUT2D eigenvalue weighted by atomic mass is 10.2. The predicted octanol–water partition coefficient (Wildman–Crippen LogP) is 3.99. The standard InChI is InChI=1S/C20H20Br2N2O5/c1-3-27-19(26)12-28-17-7-5-4-6-14(17)10-23-24-18(25)11-29-20-15(21)8-13(2)9-16(20)22/h4-10H,3,11-12H2,1-2H3,(H,24,25)/b23-10-. The summed E-state index contributed by atoms with van der Waals surface area (Å²) < 4.78 is 17.3. The molecule has 29 heavy (non-hydrogen) atoms. The molecule has 0 saturated heterocycles. The van der Waals surface area contributed by atoms with Crippen LogP contribution in [0.5, 0.6) is 11.5 Å². The molecule has 0 saturated carbocycles. The number of para-hydroxylation sites is 1. The number of nitrogens with zero attached hydrogens (tertiary/aromatic N) is 1. The molecule has 0 bridgehead atoms. The van der Waals surface area contributed by atoms with Crippen LogP contribution in [-0.2, 0) is 14.3 Å². The Morgan fingerprint density at radius 2 is 1.79 bits per heavy atom. The normalized spacial score (nSPS) is 10.6. The molecule has 0 aromatic heterocycles. The van der Waals surface area contributed by atoms with Gasteiger partial charge in [-0.05, 0) is 75.5 Å². The highest BCUT2D eigenvalue weighted by Crippen LogP contribution is 2.34. The summed E-state index contributed by atoms with van der Waals surface area (Å²) in [5, 5.41) is 3.91. The van der Waals surface area contributed by atoms with E-state index < -0.39 is 11.9 Å². The highest BCUT2D eigenvalue weighted by molar-refractivity contribution is 9.11. The van der Waals surface area contributed by atoms with Gasteiger partial charge in [0.1, 0.15) is 11.5 Å². The molecule has 0 spiro atoms. The smallest absolute Gasteiger partial charge is 0.344 e. The molecule has 0 fully saturated rings. The van der Waals surface area contributed by atoms with Crippen molar-refractivity contribution in [1.82, 2.24) is 5.43 Å². The molecule has 0 aliphatic carbocycles. The third-order valence-corrected chi connectivity index (χ3v) is 4.63. The van der Waals surface area contributed by atoms with E-state index in [1.807, 2.05) is 19.1 Å². The fraction of sp³-hybridized carbons (Fsp3) is 0.250. The van der Waals surface area contributed by atoms with Crippen molar-refractivity contribution in [3.05, 3.63) is 56.5 Å². The van der Waals surface area contributed by atoms with Gasteiger partial charge in [0, 0.05) is 5.56 Å². The van der Waals surface area contributed by atoms with Gasteiger partial charge in [0.05, 0.1) is 21.8 Å². The minimum atomic E-state index is -0.460. The molecule has 154 valence electrons. The van der Waals surface area contributed by atoms with Crippen LogP contribution in [0.4, 0.5) is 0 Å². The largest absolute Gasteiger partial charge is 0.481 e. The lowest BCUT2D eigenvalue weighted by Crippen LogP contribution is -2.24. The molecule has 9 heteroatoms. The van der Waals surface area contributed by atoms with Gasteiger partial charge in [0.15, 0.2) is 13.2 Å². The molecule has 2 aromatic rings. The number of ether oxygens (including phenoxy) is 3. The number of rotatable bonds is 9. The SMILES string of the molecule is CCOC(=O)COc1ccccc1/C=N\NC(=O)COc1c(Br)cc(C)cc1Br. The van der Waals surface area contributed by atoms with Crippen LogP contribution in [0.15, 0.2) is 50.4 Å². The molecular formula is C20H20Br2N2O5. The van der Waals surface area contributed by atoms with Crippen molar-refractivity contribution in [3.8, 4) is 11.5 Å². The summed E-state index contributed by atoms with van der Waals surface area (Å²) in [6.45, 7) is 3.54. The molecule has 2 rings (SSSR count). The average Bonchev–Trinajstić information content (AvgIpc) is 2.66. The summed E-state index contributed by atoms with van der Waals surface area (Å²) in [4.78, 5) is 23.4. The Bertz CT molecular complexity index is 879. The molecule has 2 aromatic carbocycles. The van der Waals surface area contributed by atoms with Gasteiger partial charge in [-0.25, -0.2) is 10.2 Å². The van der Waals surface area contributed by atoms with Gasteiger partial charge in [-0.3, -0.25) is 4.79 Å². The van der Waals surface area contributed by atoms with Crippen molar-refractivity contribution in [1.29, 1.82) is 0 Å². The molecular weight excluding hydrogens is 508 g/mol. The van der Waals surface area contributed by atoms with Crippen molar-refractivity contribution >= 4 is 50.0 Å². The highest BCUT2D eigenvalue weighted by atomic mass is 79.9. The van der Waals surface area contributed by atoms with Crippen LogP contribution < -0.4 is 14.9 Å². The summed E-state index contributed by atoms with van der Waals surface area (Å²) in [6.07, 6.45) is 1.43. The first-order chi connectivity index (χ1) is 13.9.